The Morgan fingerprint density at radius 2 is 1.95 bits per heavy atom. The van der Waals surface area contributed by atoms with Crippen molar-refractivity contribution < 1.29 is 9.59 Å². The molecule has 0 aliphatic carbocycles. The predicted molar refractivity (Wildman–Crippen MR) is 90.0 cm³/mol. The summed E-state index contributed by atoms with van der Waals surface area (Å²) in [6.07, 6.45) is 0. The zero-order valence-electron chi connectivity index (χ0n) is 13.7. The number of Topliss-reactive ketones (excluding diaryl/α,β-unsaturated/α-hetero) is 2. The Bertz CT molecular complexity index is 712. The standard InChI is InChI=1S/C17H22N2O2S/c1-10-6-7-22-15(10)9-19(5)8-14(21)17-11(2)16(13(4)20)12(3)18-17/h6-7,18H,8-9H2,1-5H3. The molecule has 1 N–H and O–H groups in total. The number of carbonyl (C=O) groups is 2. The lowest BCUT2D eigenvalue weighted by molar-refractivity contribution is 0.0938. The van der Waals surface area contributed by atoms with Gasteiger partial charge < -0.3 is 4.98 Å². The van der Waals surface area contributed by atoms with Gasteiger partial charge in [-0.05, 0) is 57.3 Å². The number of hydrogen-bond donors (Lipinski definition) is 1. The first-order valence-corrected chi connectivity index (χ1v) is 8.14. The van der Waals surface area contributed by atoms with E-state index in [1.165, 1.54) is 17.4 Å². The summed E-state index contributed by atoms with van der Waals surface area (Å²) in [4.78, 5) is 30.5. The molecule has 118 valence electrons. The Labute approximate surface area is 135 Å². The minimum absolute atomic E-state index is 0.00661. The fraction of sp³-hybridized carbons (Fsp3) is 0.412. The number of aryl methyl sites for hydroxylation is 2. The third-order valence-electron chi connectivity index (χ3n) is 3.86. The van der Waals surface area contributed by atoms with E-state index in [0.717, 1.165) is 17.8 Å². The van der Waals surface area contributed by atoms with Gasteiger partial charge in [-0.15, -0.1) is 11.3 Å². The second kappa shape index (κ2) is 6.58. The van der Waals surface area contributed by atoms with Gasteiger partial charge in [-0.3, -0.25) is 14.5 Å². The van der Waals surface area contributed by atoms with Crippen LogP contribution in [0, 0.1) is 20.8 Å². The van der Waals surface area contributed by atoms with Crippen LogP contribution < -0.4 is 0 Å². The van der Waals surface area contributed by atoms with Gasteiger partial charge in [-0.2, -0.15) is 0 Å². The Balaban J connectivity index is 2.11. The van der Waals surface area contributed by atoms with Crippen LogP contribution in [-0.4, -0.2) is 35.0 Å². The van der Waals surface area contributed by atoms with E-state index in [4.69, 9.17) is 0 Å². The van der Waals surface area contributed by atoms with Gasteiger partial charge in [0, 0.05) is 22.7 Å². The highest BCUT2D eigenvalue weighted by Crippen LogP contribution is 2.20. The van der Waals surface area contributed by atoms with E-state index in [1.807, 2.05) is 25.8 Å². The van der Waals surface area contributed by atoms with E-state index in [-0.39, 0.29) is 11.6 Å². The lowest BCUT2D eigenvalue weighted by Crippen LogP contribution is -2.26. The highest BCUT2D eigenvalue weighted by Gasteiger charge is 2.20. The maximum absolute atomic E-state index is 12.5. The molecule has 22 heavy (non-hydrogen) atoms. The van der Waals surface area contributed by atoms with Crippen LogP contribution in [0.15, 0.2) is 11.4 Å². The van der Waals surface area contributed by atoms with Crippen LogP contribution in [0.2, 0.25) is 0 Å². The summed E-state index contributed by atoms with van der Waals surface area (Å²) in [6.45, 7) is 8.36. The number of ketones is 2. The van der Waals surface area contributed by atoms with Crippen molar-refractivity contribution >= 4 is 22.9 Å². The largest absolute Gasteiger partial charge is 0.355 e. The fourth-order valence-corrected chi connectivity index (χ4v) is 3.73. The molecule has 0 saturated carbocycles. The molecule has 0 radical (unpaired) electrons. The molecule has 0 fully saturated rings. The summed E-state index contributed by atoms with van der Waals surface area (Å²) in [5.41, 5.74) is 3.98. The molecule has 0 bridgehead atoms. The van der Waals surface area contributed by atoms with E-state index >= 15 is 0 Å². The number of hydrogen-bond acceptors (Lipinski definition) is 4. The van der Waals surface area contributed by atoms with Gasteiger partial charge in [0.25, 0.3) is 0 Å². The maximum atomic E-state index is 12.5. The number of aromatic nitrogens is 1. The van der Waals surface area contributed by atoms with Crippen molar-refractivity contribution in [2.24, 2.45) is 0 Å². The van der Waals surface area contributed by atoms with E-state index in [2.05, 4.69) is 23.4 Å². The van der Waals surface area contributed by atoms with Crippen molar-refractivity contribution in [1.82, 2.24) is 9.88 Å². The third-order valence-corrected chi connectivity index (χ3v) is 4.87. The molecule has 2 rings (SSSR count). The average Bonchev–Trinajstić information content (AvgIpc) is 2.93. The number of carbonyl (C=O) groups excluding carboxylic acids is 2. The van der Waals surface area contributed by atoms with Crippen molar-refractivity contribution in [1.29, 1.82) is 0 Å². The highest BCUT2D eigenvalue weighted by atomic mass is 32.1. The number of nitrogens with one attached hydrogen (secondary N) is 1. The first kappa shape index (κ1) is 16.6. The molecule has 0 spiro atoms. The smallest absolute Gasteiger partial charge is 0.193 e. The second-order valence-corrected chi connectivity index (χ2v) is 6.80. The first-order chi connectivity index (χ1) is 10.3. The Morgan fingerprint density at radius 1 is 1.27 bits per heavy atom. The quantitative estimate of drug-likeness (QED) is 0.829. The molecule has 0 unspecified atom stereocenters. The Kier molecular flexibility index (Phi) is 4.98. The molecule has 0 aliphatic rings. The second-order valence-electron chi connectivity index (χ2n) is 5.80. The zero-order chi connectivity index (χ0) is 16.4. The number of aromatic amines is 1. The molecule has 0 aliphatic heterocycles. The minimum atomic E-state index is -0.00661. The topological polar surface area (TPSA) is 53.2 Å². The summed E-state index contributed by atoms with van der Waals surface area (Å²) in [5.74, 6) is 0.0117. The van der Waals surface area contributed by atoms with Crippen LogP contribution in [0.25, 0.3) is 0 Å². The van der Waals surface area contributed by atoms with Crippen LogP contribution in [0.3, 0.4) is 0 Å². The lowest BCUT2D eigenvalue weighted by Gasteiger charge is -2.15. The summed E-state index contributed by atoms with van der Waals surface area (Å²) >= 11 is 1.71. The van der Waals surface area contributed by atoms with Crippen LogP contribution in [0.1, 0.15) is 49.5 Å². The summed E-state index contributed by atoms with van der Waals surface area (Å²) in [7, 11) is 1.94. The molecular formula is C17H22N2O2S. The van der Waals surface area contributed by atoms with Crippen molar-refractivity contribution in [2.45, 2.75) is 34.2 Å². The Morgan fingerprint density at radius 3 is 2.45 bits per heavy atom. The molecule has 0 atom stereocenters. The molecule has 0 saturated heterocycles. The van der Waals surface area contributed by atoms with Crippen LogP contribution >= 0.6 is 11.3 Å². The van der Waals surface area contributed by atoms with Crippen molar-refractivity contribution in [3.05, 3.63) is 44.4 Å². The first-order valence-electron chi connectivity index (χ1n) is 7.26. The number of nitrogens with zero attached hydrogens (tertiary/aromatic N) is 1. The normalized spacial score (nSPS) is 11.2. The average molecular weight is 318 g/mol. The SMILES string of the molecule is CC(=O)c1c(C)[nH]c(C(=O)CN(C)Cc2sccc2C)c1C. The van der Waals surface area contributed by atoms with Gasteiger partial charge in [-0.25, -0.2) is 0 Å². The van der Waals surface area contributed by atoms with E-state index in [1.54, 1.807) is 11.3 Å². The van der Waals surface area contributed by atoms with Gasteiger partial charge in [0.2, 0.25) is 0 Å². The van der Waals surface area contributed by atoms with E-state index in [9.17, 15) is 9.59 Å². The molecule has 5 heteroatoms. The predicted octanol–water partition coefficient (Wildman–Crippen LogP) is 3.52. The van der Waals surface area contributed by atoms with E-state index in [0.29, 0.717) is 17.8 Å². The number of likely N-dealkylation sites (N-methyl/N-ethyl adjacent to an activating group) is 1. The summed E-state index contributed by atoms with van der Waals surface area (Å²) in [6, 6.07) is 2.09. The van der Waals surface area contributed by atoms with E-state index < -0.39 is 0 Å². The van der Waals surface area contributed by atoms with Crippen molar-refractivity contribution in [3.63, 3.8) is 0 Å². The lowest BCUT2D eigenvalue weighted by atomic mass is 10.1. The number of H-pyrrole nitrogens is 1. The monoisotopic (exact) mass is 318 g/mol. The molecule has 2 heterocycles. The van der Waals surface area contributed by atoms with Gasteiger partial charge in [0.15, 0.2) is 11.6 Å². The number of rotatable bonds is 6. The van der Waals surface area contributed by atoms with Crippen LogP contribution in [-0.2, 0) is 6.54 Å². The fourth-order valence-electron chi connectivity index (χ4n) is 2.75. The maximum Gasteiger partial charge on any atom is 0.193 e. The summed E-state index contributed by atoms with van der Waals surface area (Å²) in [5, 5.41) is 2.07. The van der Waals surface area contributed by atoms with Crippen LogP contribution in [0.5, 0.6) is 0 Å². The summed E-state index contributed by atoms with van der Waals surface area (Å²) < 4.78 is 0. The minimum Gasteiger partial charge on any atom is -0.355 e. The number of thiophene rings is 1. The zero-order valence-corrected chi connectivity index (χ0v) is 14.6. The third kappa shape index (κ3) is 3.36. The molecule has 0 amide bonds. The molecule has 2 aromatic heterocycles. The molecule has 4 nitrogen and oxygen atoms in total. The molecule has 2 aromatic rings. The van der Waals surface area contributed by atoms with Gasteiger partial charge in [-0.1, -0.05) is 0 Å². The van der Waals surface area contributed by atoms with Crippen molar-refractivity contribution in [2.75, 3.05) is 13.6 Å². The van der Waals surface area contributed by atoms with Gasteiger partial charge >= 0.3 is 0 Å². The highest BCUT2D eigenvalue weighted by molar-refractivity contribution is 7.10. The van der Waals surface area contributed by atoms with Crippen LogP contribution in [0.4, 0.5) is 0 Å². The molecular weight excluding hydrogens is 296 g/mol. The van der Waals surface area contributed by atoms with Crippen molar-refractivity contribution in [3.8, 4) is 0 Å². The van der Waals surface area contributed by atoms with Gasteiger partial charge in [0.1, 0.15) is 0 Å². The molecule has 0 aromatic carbocycles. The Hall–Kier alpha value is -1.72. The van der Waals surface area contributed by atoms with Gasteiger partial charge in [0.05, 0.1) is 12.2 Å².